The summed E-state index contributed by atoms with van der Waals surface area (Å²) in [7, 11) is 0. The van der Waals surface area contributed by atoms with Crippen LogP contribution in [0.5, 0.6) is 11.5 Å². The van der Waals surface area contributed by atoms with Gasteiger partial charge < -0.3 is 19.9 Å². The van der Waals surface area contributed by atoms with Gasteiger partial charge in [0.05, 0.1) is 13.2 Å². The van der Waals surface area contributed by atoms with Crippen molar-refractivity contribution in [2.75, 3.05) is 13.2 Å². The fraction of sp³-hybridized carbons (Fsp3) is 0.250. The number of hydrogen-bond donors (Lipinski definition) is 2. The van der Waals surface area contributed by atoms with Crippen LogP contribution in [0.4, 0.5) is 0 Å². The van der Waals surface area contributed by atoms with Crippen molar-refractivity contribution in [2.24, 2.45) is 0 Å². The maximum Gasteiger partial charge on any atom is 0.345 e. The lowest BCUT2D eigenvalue weighted by molar-refractivity contribution is -0.123. The Bertz CT molecular complexity index is 665. The number of rotatable bonds is 8. The number of hydrogen-bond acceptors (Lipinski definition) is 5. The molecule has 0 bridgehead atoms. The number of thiophene rings is 1. The number of carboxylic acid groups (broad SMARTS) is 1. The normalized spacial score (nSPS) is 10.1. The molecule has 2 N–H and O–H groups in total. The summed E-state index contributed by atoms with van der Waals surface area (Å²) in [5, 5.41) is 11.5. The topological polar surface area (TPSA) is 84.9 Å². The van der Waals surface area contributed by atoms with Crippen molar-refractivity contribution in [3.63, 3.8) is 0 Å². The van der Waals surface area contributed by atoms with Gasteiger partial charge in [0.15, 0.2) is 6.61 Å². The molecule has 1 amide bonds. The first-order valence-electron chi connectivity index (χ1n) is 7.03. The van der Waals surface area contributed by atoms with E-state index in [0.717, 1.165) is 22.0 Å². The second-order valence-corrected chi connectivity index (χ2v) is 5.71. The molecule has 23 heavy (non-hydrogen) atoms. The number of nitrogens with one attached hydrogen (secondary N) is 1. The highest BCUT2D eigenvalue weighted by Gasteiger charge is 2.08. The predicted octanol–water partition coefficient (Wildman–Crippen LogP) is 2.54. The van der Waals surface area contributed by atoms with E-state index >= 15 is 0 Å². The average Bonchev–Trinajstić information content (AvgIpc) is 3.02. The first-order chi connectivity index (χ1) is 11.1. The van der Waals surface area contributed by atoms with Crippen molar-refractivity contribution in [1.29, 1.82) is 0 Å². The number of carbonyl (C=O) groups excluding carboxylic acids is 1. The minimum Gasteiger partial charge on any atom is -0.494 e. The van der Waals surface area contributed by atoms with Crippen LogP contribution < -0.4 is 14.8 Å². The van der Waals surface area contributed by atoms with Crippen LogP contribution >= 0.6 is 11.3 Å². The van der Waals surface area contributed by atoms with Gasteiger partial charge >= 0.3 is 5.97 Å². The van der Waals surface area contributed by atoms with Gasteiger partial charge in [-0.15, -0.1) is 11.3 Å². The monoisotopic (exact) mass is 335 g/mol. The summed E-state index contributed by atoms with van der Waals surface area (Å²) >= 11 is 1.13. The summed E-state index contributed by atoms with van der Waals surface area (Å²) in [6, 6.07) is 10.2. The van der Waals surface area contributed by atoms with Gasteiger partial charge in [0, 0.05) is 4.88 Å². The molecule has 0 spiro atoms. The fourth-order valence-electron chi connectivity index (χ4n) is 1.77. The Kier molecular flexibility index (Phi) is 5.99. The van der Waals surface area contributed by atoms with Gasteiger partial charge in [-0.2, -0.15) is 0 Å². The number of aromatic carboxylic acids is 1. The molecule has 0 aliphatic rings. The van der Waals surface area contributed by atoms with Gasteiger partial charge in [-0.1, -0.05) is 0 Å². The molecule has 0 unspecified atom stereocenters. The number of ether oxygens (including phenoxy) is 2. The summed E-state index contributed by atoms with van der Waals surface area (Å²) in [6.45, 7) is 2.67. The summed E-state index contributed by atoms with van der Waals surface area (Å²) in [5.41, 5.74) is 0. The smallest absolute Gasteiger partial charge is 0.345 e. The molecular weight excluding hydrogens is 318 g/mol. The highest BCUT2D eigenvalue weighted by Crippen LogP contribution is 2.18. The largest absolute Gasteiger partial charge is 0.494 e. The van der Waals surface area contributed by atoms with Crippen LogP contribution in [0.1, 0.15) is 21.5 Å². The second kappa shape index (κ2) is 8.19. The van der Waals surface area contributed by atoms with Crippen molar-refractivity contribution in [3.8, 4) is 11.5 Å². The van der Waals surface area contributed by atoms with Gasteiger partial charge in [0.25, 0.3) is 5.91 Å². The first-order valence-corrected chi connectivity index (χ1v) is 7.84. The molecule has 2 aromatic rings. The van der Waals surface area contributed by atoms with E-state index in [1.807, 2.05) is 6.92 Å². The molecule has 0 saturated carbocycles. The van der Waals surface area contributed by atoms with E-state index in [1.165, 1.54) is 6.07 Å². The summed E-state index contributed by atoms with van der Waals surface area (Å²) < 4.78 is 10.7. The maximum atomic E-state index is 11.7. The molecule has 1 aromatic carbocycles. The molecule has 0 radical (unpaired) electrons. The van der Waals surface area contributed by atoms with Crippen LogP contribution in [0.3, 0.4) is 0 Å². The van der Waals surface area contributed by atoms with E-state index in [0.29, 0.717) is 12.4 Å². The molecular formula is C16H17NO5S. The zero-order valence-electron chi connectivity index (χ0n) is 12.6. The molecule has 0 atom stereocenters. The number of carboxylic acids is 1. The lowest BCUT2D eigenvalue weighted by Crippen LogP contribution is -2.28. The van der Waals surface area contributed by atoms with E-state index in [9.17, 15) is 9.59 Å². The lowest BCUT2D eigenvalue weighted by Gasteiger charge is -2.08. The van der Waals surface area contributed by atoms with E-state index < -0.39 is 5.97 Å². The minimum atomic E-state index is -0.966. The SMILES string of the molecule is CCOc1ccc(OCC(=O)NCc2ccc(C(=O)O)s2)cc1. The van der Waals surface area contributed by atoms with Crippen LogP contribution in [0.2, 0.25) is 0 Å². The van der Waals surface area contributed by atoms with Crippen molar-refractivity contribution >= 4 is 23.2 Å². The lowest BCUT2D eigenvalue weighted by atomic mass is 10.3. The van der Waals surface area contributed by atoms with E-state index in [2.05, 4.69) is 5.32 Å². The summed E-state index contributed by atoms with van der Waals surface area (Å²) in [5.74, 6) is 0.0830. The minimum absolute atomic E-state index is 0.106. The van der Waals surface area contributed by atoms with Crippen molar-refractivity contribution in [1.82, 2.24) is 5.32 Å². The zero-order valence-corrected chi connectivity index (χ0v) is 13.4. The Hall–Kier alpha value is -2.54. The Morgan fingerprint density at radius 2 is 1.74 bits per heavy atom. The Balaban J connectivity index is 1.75. The first kappa shape index (κ1) is 16.8. The number of benzene rings is 1. The standard InChI is InChI=1S/C16H17NO5S/c1-2-21-11-3-5-12(6-4-11)22-10-15(18)17-9-13-7-8-14(23-13)16(19)20/h3-8H,2,9-10H2,1H3,(H,17,18)(H,19,20). The fourth-order valence-corrected chi connectivity index (χ4v) is 2.56. The Morgan fingerprint density at radius 3 is 2.30 bits per heavy atom. The molecule has 0 aliphatic carbocycles. The van der Waals surface area contributed by atoms with E-state index in [1.54, 1.807) is 30.3 Å². The number of carbonyl (C=O) groups is 2. The molecule has 7 heteroatoms. The molecule has 0 aliphatic heterocycles. The highest BCUT2D eigenvalue weighted by molar-refractivity contribution is 7.13. The van der Waals surface area contributed by atoms with Crippen LogP contribution in [0, 0.1) is 0 Å². The molecule has 122 valence electrons. The van der Waals surface area contributed by atoms with Crippen molar-refractivity contribution in [3.05, 3.63) is 46.2 Å². The molecule has 1 heterocycles. The van der Waals surface area contributed by atoms with Gasteiger partial charge in [0.2, 0.25) is 0 Å². The molecule has 0 fully saturated rings. The molecule has 0 saturated heterocycles. The third kappa shape index (κ3) is 5.30. The van der Waals surface area contributed by atoms with Gasteiger partial charge in [-0.3, -0.25) is 4.79 Å². The quantitative estimate of drug-likeness (QED) is 0.774. The second-order valence-electron chi connectivity index (χ2n) is 4.54. The van der Waals surface area contributed by atoms with E-state index in [4.69, 9.17) is 14.6 Å². The van der Waals surface area contributed by atoms with Gasteiger partial charge in [-0.25, -0.2) is 4.79 Å². The van der Waals surface area contributed by atoms with Gasteiger partial charge in [0.1, 0.15) is 16.4 Å². The summed E-state index contributed by atoms with van der Waals surface area (Å²) in [4.78, 5) is 23.5. The van der Waals surface area contributed by atoms with Crippen molar-refractivity contribution in [2.45, 2.75) is 13.5 Å². The zero-order chi connectivity index (χ0) is 16.7. The summed E-state index contributed by atoms with van der Waals surface area (Å²) in [6.07, 6.45) is 0. The van der Waals surface area contributed by atoms with Crippen LogP contribution in [-0.2, 0) is 11.3 Å². The Labute approximate surface area is 137 Å². The predicted molar refractivity (Wildman–Crippen MR) is 86.2 cm³/mol. The maximum absolute atomic E-state index is 11.7. The average molecular weight is 335 g/mol. The Morgan fingerprint density at radius 1 is 1.09 bits per heavy atom. The van der Waals surface area contributed by atoms with Crippen LogP contribution in [0.25, 0.3) is 0 Å². The highest BCUT2D eigenvalue weighted by atomic mass is 32.1. The van der Waals surface area contributed by atoms with Crippen LogP contribution in [0.15, 0.2) is 36.4 Å². The third-order valence-electron chi connectivity index (χ3n) is 2.84. The molecule has 1 aromatic heterocycles. The van der Waals surface area contributed by atoms with E-state index in [-0.39, 0.29) is 23.9 Å². The molecule has 6 nitrogen and oxygen atoms in total. The third-order valence-corrected chi connectivity index (χ3v) is 3.91. The number of amides is 1. The molecule has 2 rings (SSSR count). The van der Waals surface area contributed by atoms with Crippen molar-refractivity contribution < 1.29 is 24.2 Å². The van der Waals surface area contributed by atoms with Gasteiger partial charge in [-0.05, 0) is 43.3 Å². The van der Waals surface area contributed by atoms with Crippen LogP contribution in [-0.4, -0.2) is 30.2 Å².